The number of aryl methyl sites for hydroxylation is 1. The van der Waals surface area contributed by atoms with Crippen molar-refractivity contribution in [3.63, 3.8) is 0 Å². The average molecular weight is 601 g/mol. The molecular formula is C26H23BrClN5O3S. The highest BCUT2D eigenvalue weighted by Gasteiger charge is 2.27. The number of nitrogens with zero attached hydrogens (tertiary/aromatic N) is 4. The monoisotopic (exact) mass is 599 g/mol. The first kappa shape index (κ1) is 26.6. The number of hydrazone groups is 1. The molecule has 190 valence electrons. The van der Waals surface area contributed by atoms with Crippen LogP contribution in [0.3, 0.4) is 0 Å². The van der Waals surface area contributed by atoms with Gasteiger partial charge < -0.3 is 0 Å². The third-order valence-corrected chi connectivity index (χ3v) is 8.11. The van der Waals surface area contributed by atoms with Crippen molar-refractivity contribution < 1.29 is 13.2 Å². The number of rotatable bonds is 8. The molecular weight excluding hydrogens is 578 g/mol. The lowest BCUT2D eigenvalue weighted by atomic mass is 10.2. The first-order valence-corrected chi connectivity index (χ1v) is 13.8. The molecule has 0 saturated carbocycles. The van der Waals surface area contributed by atoms with E-state index in [2.05, 4.69) is 31.6 Å². The number of carbonyl (C=O) groups excluding carboxylic acids is 1. The Morgan fingerprint density at radius 1 is 1.05 bits per heavy atom. The van der Waals surface area contributed by atoms with E-state index in [-0.39, 0.29) is 10.0 Å². The van der Waals surface area contributed by atoms with Gasteiger partial charge in [-0.05, 0) is 62.4 Å². The van der Waals surface area contributed by atoms with E-state index in [1.165, 1.54) is 18.3 Å². The quantitative estimate of drug-likeness (QED) is 0.221. The highest BCUT2D eigenvalue weighted by atomic mass is 79.9. The predicted molar refractivity (Wildman–Crippen MR) is 149 cm³/mol. The standard InChI is InChI=1S/C26H23BrClN5O3S/c1-18-8-14-23(15-9-18)37(35,36)32(21-12-10-20(27)11-13-21)17-25(34)30-29-16-24-19(2)33(31-26(24)28)22-6-4-3-5-7-22/h3-16H,17H2,1-2H3,(H,30,34)/b29-16-. The number of para-hydroxylation sites is 1. The number of aromatic nitrogens is 2. The number of anilines is 1. The van der Waals surface area contributed by atoms with Crippen LogP contribution in [-0.4, -0.2) is 36.9 Å². The van der Waals surface area contributed by atoms with Crippen LogP contribution < -0.4 is 9.73 Å². The van der Waals surface area contributed by atoms with Crippen LogP contribution in [0.15, 0.2) is 93.3 Å². The third kappa shape index (κ3) is 6.10. The Kier molecular flexibility index (Phi) is 8.11. The largest absolute Gasteiger partial charge is 0.271 e. The molecule has 37 heavy (non-hydrogen) atoms. The van der Waals surface area contributed by atoms with Crippen LogP contribution in [0.4, 0.5) is 5.69 Å². The minimum absolute atomic E-state index is 0.0769. The number of hydrogen-bond acceptors (Lipinski definition) is 5. The lowest BCUT2D eigenvalue weighted by molar-refractivity contribution is -0.119. The number of hydrogen-bond donors (Lipinski definition) is 1. The summed E-state index contributed by atoms with van der Waals surface area (Å²) in [5.41, 5.74) is 5.75. The second-order valence-corrected chi connectivity index (χ2v) is 11.3. The van der Waals surface area contributed by atoms with Crippen LogP contribution in [0, 0.1) is 13.8 Å². The van der Waals surface area contributed by atoms with Crippen molar-refractivity contribution in [2.75, 3.05) is 10.8 Å². The van der Waals surface area contributed by atoms with E-state index < -0.39 is 22.5 Å². The Hall–Kier alpha value is -3.47. The molecule has 1 amide bonds. The van der Waals surface area contributed by atoms with Crippen molar-refractivity contribution in [2.24, 2.45) is 5.10 Å². The summed E-state index contributed by atoms with van der Waals surface area (Å²) in [7, 11) is -4.03. The van der Waals surface area contributed by atoms with E-state index in [1.807, 2.05) is 44.2 Å². The van der Waals surface area contributed by atoms with Gasteiger partial charge in [-0.25, -0.2) is 18.5 Å². The van der Waals surface area contributed by atoms with Crippen molar-refractivity contribution in [3.05, 3.63) is 105 Å². The van der Waals surface area contributed by atoms with Crippen LogP contribution in [0.1, 0.15) is 16.8 Å². The zero-order valence-corrected chi connectivity index (χ0v) is 23.1. The maximum absolute atomic E-state index is 13.5. The van der Waals surface area contributed by atoms with Crippen molar-refractivity contribution in [1.82, 2.24) is 15.2 Å². The summed E-state index contributed by atoms with van der Waals surface area (Å²) in [5, 5.41) is 8.56. The van der Waals surface area contributed by atoms with E-state index in [1.54, 1.807) is 41.1 Å². The Bertz CT molecular complexity index is 1540. The summed E-state index contributed by atoms with van der Waals surface area (Å²) in [4.78, 5) is 12.9. The fraction of sp³-hybridized carbons (Fsp3) is 0.115. The normalized spacial score (nSPS) is 11.6. The number of sulfonamides is 1. The van der Waals surface area contributed by atoms with Gasteiger partial charge in [0, 0.05) is 4.47 Å². The number of halogens is 2. The Balaban J connectivity index is 1.55. The topological polar surface area (TPSA) is 96.7 Å². The minimum Gasteiger partial charge on any atom is -0.271 e. The molecule has 1 aromatic heterocycles. The van der Waals surface area contributed by atoms with Crippen molar-refractivity contribution in [2.45, 2.75) is 18.7 Å². The molecule has 1 N–H and O–H groups in total. The second kappa shape index (κ2) is 11.3. The highest BCUT2D eigenvalue weighted by molar-refractivity contribution is 9.10. The van der Waals surface area contributed by atoms with Gasteiger partial charge in [-0.15, -0.1) is 0 Å². The molecule has 4 rings (SSSR count). The van der Waals surface area contributed by atoms with E-state index in [4.69, 9.17) is 11.6 Å². The first-order chi connectivity index (χ1) is 17.7. The summed E-state index contributed by atoms with van der Waals surface area (Å²) in [6, 6.07) is 22.6. The minimum atomic E-state index is -4.03. The lowest BCUT2D eigenvalue weighted by Crippen LogP contribution is -2.39. The van der Waals surface area contributed by atoms with E-state index in [0.29, 0.717) is 11.3 Å². The summed E-state index contributed by atoms with van der Waals surface area (Å²) in [6.45, 7) is 3.22. The summed E-state index contributed by atoms with van der Waals surface area (Å²) < 4.78 is 30.4. The number of nitrogens with one attached hydrogen (secondary N) is 1. The molecule has 0 aliphatic heterocycles. The van der Waals surface area contributed by atoms with Gasteiger partial charge >= 0.3 is 0 Å². The van der Waals surface area contributed by atoms with E-state index in [0.717, 1.165) is 25.7 Å². The van der Waals surface area contributed by atoms with Crippen LogP contribution in [-0.2, 0) is 14.8 Å². The number of amides is 1. The zero-order chi connectivity index (χ0) is 26.6. The first-order valence-electron chi connectivity index (χ1n) is 11.1. The molecule has 0 fully saturated rings. The van der Waals surface area contributed by atoms with Crippen LogP contribution in [0.2, 0.25) is 5.15 Å². The van der Waals surface area contributed by atoms with Gasteiger partial charge in [0.05, 0.1) is 33.7 Å². The molecule has 0 spiro atoms. The highest BCUT2D eigenvalue weighted by Crippen LogP contribution is 2.25. The predicted octanol–water partition coefficient (Wildman–Crippen LogP) is 5.25. The van der Waals surface area contributed by atoms with Gasteiger partial charge in [0.1, 0.15) is 6.54 Å². The summed E-state index contributed by atoms with van der Waals surface area (Å²) >= 11 is 9.65. The lowest BCUT2D eigenvalue weighted by Gasteiger charge is -2.23. The van der Waals surface area contributed by atoms with Gasteiger partial charge in [0.15, 0.2) is 5.15 Å². The number of carbonyl (C=O) groups is 1. The molecule has 0 unspecified atom stereocenters. The molecule has 0 saturated heterocycles. The fourth-order valence-corrected chi connectivity index (χ4v) is 5.49. The van der Waals surface area contributed by atoms with E-state index in [9.17, 15) is 13.2 Å². The Morgan fingerprint density at radius 3 is 2.35 bits per heavy atom. The zero-order valence-electron chi connectivity index (χ0n) is 20.0. The molecule has 0 atom stereocenters. The van der Waals surface area contributed by atoms with E-state index >= 15 is 0 Å². The maximum Gasteiger partial charge on any atom is 0.264 e. The SMILES string of the molecule is Cc1ccc(S(=O)(=O)N(CC(=O)N/N=C\c2c(Cl)nn(-c3ccccc3)c2C)c2ccc(Br)cc2)cc1. The van der Waals surface area contributed by atoms with Crippen molar-refractivity contribution >= 4 is 55.4 Å². The van der Waals surface area contributed by atoms with Gasteiger partial charge in [-0.2, -0.15) is 10.2 Å². The van der Waals surface area contributed by atoms with Crippen LogP contribution >= 0.6 is 27.5 Å². The molecule has 0 aliphatic carbocycles. The fourth-order valence-electron chi connectivity index (χ4n) is 3.54. The molecule has 0 aliphatic rings. The summed E-state index contributed by atoms with van der Waals surface area (Å²) in [6.07, 6.45) is 1.39. The van der Waals surface area contributed by atoms with Crippen molar-refractivity contribution in [1.29, 1.82) is 0 Å². The Morgan fingerprint density at radius 2 is 1.70 bits per heavy atom. The average Bonchev–Trinajstić information content (AvgIpc) is 3.17. The number of benzene rings is 3. The Labute approximate surface area is 228 Å². The second-order valence-electron chi connectivity index (χ2n) is 8.13. The maximum atomic E-state index is 13.5. The van der Waals surface area contributed by atoms with Crippen molar-refractivity contribution in [3.8, 4) is 5.69 Å². The smallest absolute Gasteiger partial charge is 0.264 e. The molecule has 8 nitrogen and oxygen atoms in total. The third-order valence-electron chi connectivity index (χ3n) is 5.51. The van der Waals surface area contributed by atoms with Crippen LogP contribution in [0.5, 0.6) is 0 Å². The van der Waals surface area contributed by atoms with Gasteiger partial charge in [0.25, 0.3) is 15.9 Å². The van der Waals surface area contributed by atoms with Crippen LogP contribution in [0.25, 0.3) is 5.69 Å². The van der Waals surface area contributed by atoms with Gasteiger partial charge in [-0.1, -0.05) is 63.4 Å². The molecule has 3 aromatic carbocycles. The summed E-state index contributed by atoms with van der Waals surface area (Å²) in [5.74, 6) is -0.626. The molecule has 11 heteroatoms. The molecule has 1 heterocycles. The van der Waals surface area contributed by atoms with Gasteiger partial charge in [0.2, 0.25) is 0 Å². The molecule has 4 aromatic rings. The van der Waals surface area contributed by atoms with Gasteiger partial charge in [-0.3, -0.25) is 9.10 Å². The molecule has 0 radical (unpaired) electrons. The molecule has 0 bridgehead atoms.